The second kappa shape index (κ2) is 7.01. The van der Waals surface area contributed by atoms with Gasteiger partial charge in [-0.2, -0.15) is 0 Å². The summed E-state index contributed by atoms with van der Waals surface area (Å²) in [6.07, 6.45) is -13.5. The van der Waals surface area contributed by atoms with Crippen LogP contribution in [0.1, 0.15) is 6.92 Å². The van der Waals surface area contributed by atoms with E-state index in [4.69, 9.17) is 14.2 Å². The highest BCUT2D eigenvalue weighted by molar-refractivity contribution is 4.92. The number of hydrogen-bond acceptors (Lipinski definition) is 10. The molecule has 2 aliphatic heterocycles. The minimum absolute atomic E-state index is 0.456. The van der Waals surface area contributed by atoms with Gasteiger partial charge in [-0.3, -0.25) is 0 Å². The molecule has 0 aliphatic carbocycles. The first kappa shape index (κ1) is 17.9. The maximum absolute atomic E-state index is 9.86. The van der Waals surface area contributed by atoms with E-state index < -0.39 is 68.0 Å². The Morgan fingerprint density at radius 2 is 1.45 bits per heavy atom. The van der Waals surface area contributed by atoms with Crippen LogP contribution in [0, 0.1) is 0 Å². The lowest BCUT2D eigenvalue weighted by Gasteiger charge is -2.23. The average Bonchev–Trinajstić information content (AvgIpc) is 2.89. The summed E-state index contributed by atoms with van der Waals surface area (Å²) in [4.78, 5) is 0. The van der Waals surface area contributed by atoms with Crippen molar-refractivity contribution in [1.82, 2.24) is 0 Å². The molecular formula is C12H22O10. The predicted molar refractivity (Wildman–Crippen MR) is 67.2 cm³/mol. The van der Waals surface area contributed by atoms with Gasteiger partial charge in [-0.25, -0.2) is 0 Å². The minimum atomic E-state index is -1.62. The van der Waals surface area contributed by atoms with E-state index in [1.165, 1.54) is 6.92 Å². The van der Waals surface area contributed by atoms with Gasteiger partial charge in [0.25, 0.3) is 0 Å². The van der Waals surface area contributed by atoms with E-state index in [0.29, 0.717) is 0 Å². The Labute approximate surface area is 126 Å². The highest BCUT2D eigenvalue weighted by Gasteiger charge is 2.48. The Morgan fingerprint density at radius 1 is 0.864 bits per heavy atom. The third-order valence-electron chi connectivity index (χ3n) is 3.82. The molecule has 10 heteroatoms. The van der Waals surface area contributed by atoms with Gasteiger partial charge >= 0.3 is 0 Å². The molecule has 7 N–H and O–H groups in total. The number of aliphatic hydroxyl groups is 7. The van der Waals surface area contributed by atoms with E-state index in [1.807, 2.05) is 0 Å². The van der Waals surface area contributed by atoms with Crippen LogP contribution < -0.4 is 0 Å². The Balaban J connectivity index is 1.85. The summed E-state index contributed by atoms with van der Waals surface area (Å²) in [5.74, 6) is 0. The molecule has 2 rings (SSSR count). The molecule has 2 fully saturated rings. The van der Waals surface area contributed by atoms with E-state index in [9.17, 15) is 35.7 Å². The quantitative estimate of drug-likeness (QED) is 0.262. The molecule has 2 saturated heterocycles. The third-order valence-corrected chi connectivity index (χ3v) is 3.82. The van der Waals surface area contributed by atoms with Crippen molar-refractivity contribution in [3.8, 4) is 0 Å². The molecule has 2 heterocycles. The lowest BCUT2D eigenvalue weighted by Crippen LogP contribution is -2.42. The fourth-order valence-electron chi connectivity index (χ4n) is 2.50. The summed E-state index contributed by atoms with van der Waals surface area (Å²) in [5.41, 5.74) is 0. The smallest absolute Gasteiger partial charge is 0.186 e. The maximum Gasteiger partial charge on any atom is 0.186 e. The van der Waals surface area contributed by atoms with Crippen LogP contribution in [0.3, 0.4) is 0 Å². The summed E-state index contributed by atoms with van der Waals surface area (Å²) in [7, 11) is 0. The summed E-state index contributed by atoms with van der Waals surface area (Å²) in [6.45, 7) is 0.922. The molecule has 0 spiro atoms. The zero-order valence-electron chi connectivity index (χ0n) is 11.8. The van der Waals surface area contributed by atoms with E-state index in [2.05, 4.69) is 0 Å². The summed E-state index contributed by atoms with van der Waals surface area (Å²) in [6, 6.07) is 0. The lowest BCUT2D eigenvalue weighted by molar-refractivity contribution is -0.204. The van der Waals surface area contributed by atoms with Gasteiger partial charge in [0, 0.05) is 0 Å². The fourth-order valence-corrected chi connectivity index (χ4v) is 2.50. The van der Waals surface area contributed by atoms with Gasteiger partial charge in [0.1, 0.15) is 42.7 Å². The summed E-state index contributed by atoms with van der Waals surface area (Å²) < 4.78 is 15.1. The van der Waals surface area contributed by atoms with Crippen LogP contribution in [-0.4, -0.2) is 104 Å². The Bertz CT molecular complexity index is 366. The molecule has 0 aromatic carbocycles. The Kier molecular flexibility index (Phi) is 5.72. The van der Waals surface area contributed by atoms with E-state index >= 15 is 0 Å². The van der Waals surface area contributed by atoms with Gasteiger partial charge in [-0.1, -0.05) is 0 Å². The molecule has 0 radical (unpaired) electrons. The first-order valence-corrected chi connectivity index (χ1v) is 6.93. The van der Waals surface area contributed by atoms with Crippen LogP contribution in [0.2, 0.25) is 0 Å². The average molecular weight is 326 g/mol. The zero-order valence-corrected chi connectivity index (χ0v) is 11.8. The van der Waals surface area contributed by atoms with Crippen molar-refractivity contribution in [2.75, 3.05) is 6.61 Å². The molecule has 22 heavy (non-hydrogen) atoms. The van der Waals surface area contributed by atoms with Crippen LogP contribution in [0.5, 0.6) is 0 Å². The largest absolute Gasteiger partial charge is 0.391 e. The van der Waals surface area contributed by atoms with Crippen LogP contribution >= 0.6 is 0 Å². The first-order chi connectivity index (χ1) is 10.2. The summed E-state index contributed by atoms with van der Waals surface area (Å²) in [5, 5.41) is 66.8. The molecule has 0 aromatic heterocycles. The van der Waals surface area contributed by atoms with Gasteiger partial charge in [-0.15, -0.1) is 0 Å². The van der Waals surface area contributed by atoms with E-state index in [1.54, 1.807) is 0 Å². The van der Waals surface area contributed by atoms with Gasteiger partial charge < -0.3 is 50.0 Å². The van der Waals surface area contributed by atoms with Crippen molar-refractivity contribution in [2.24, 2.45) is 0 Å². The second-order valence-electron chi connectivity index (χ2n) is 5.56. The van der Waals surface area contributed by atoms with E-state index in [-0.39, 0.29) is 0 Å². The van der Waals surface area contributed by atoms with Crippen LogP contribution in [0.25, 0.3) is 0 Å². The Morgan fingerprint density at radius 3 is 1.91 bits per heavy atom. The fraction of sp³-hybridized carbons (Fsp3) is 1.00. The summed E-state index contributed by atoms with van der Waals surface area (Å²) >= 11 is 0. The van der Waals surface area contributed by atoms with Gasteiger partial charge in [0.05, 0.1) is 12.7 Å². The van der Waals surface area contributed by atoms with Gasteiger partial charge in [0.15, 0.2) is 12.6 Å². The SMILES string of the molecule is C[C@@H](O)[C@@H]1O[C@@H](OC[C@@H](O)[C@@H]2O[C@@H](O)[C@H](O)[C@H]2O)[C@H](O)[C@H]1O. The molecule has 0 bridgehead atoms. The van der Waals surface area contributed by atoms with Crippen molar-refractivity contribution >= 4 is 0 Å². The van der Waals surface area contributed by atoms with Crippen molar-refractivity contribution in [2.45, 2.75) is 68.3 Å². The van der Waals surface area contributed by atoms with Crippen LogP contribution in [0.15, 0.2) is 0 Å². The molecule has 130 valence electrons. The van der Waals surface area contributed by atoms with Crippen molar-refractivity contribution in [3.63, 3.8) is 0 Å². The Hall–Kier alpha value is -0.400. The number of rotatable bonds is 5. The topological polar surface area (TPSA) is 169 Å². The molecule has 0 aromatic rings. The standard InChI is InChI=1S/C12H22O10/c1-3(13)9-6(16)8(18)12(22-9)20-2-4(14)10-5(15)7(17)11(19)21-10/h3-19H,2H2,1H3/t3-,4-,5-,6-,7-,8-,9+,10+,11-,12-/m1/s1. The second-order valence-corrected chi connectivity index (χ2v) is 5.56. The number of ether oxygens (including phenoxy) is 3. The molecule has 0 amide bonds. The molecule has 10 atom stereocenters. The molecule has 0 unspecified atom stereocenters. The first-order valence-electron chi connectivity index (χ1n) is 6.93. The monoisotopic (exact) mass is 326 g/mol. The molecule has 0 saturated carbocycles. The predicted octanol–water partition coefficient (Wildman–Crippen LogP) is -4.37. The maximum atomic E-state index is 9.86. The van der Waals surface area contributed by atoms with Crippen molar-refractivity contribution in [1.29, 1.82) is 0 Å². The molecular weight excluding hydrogens is 304 g/mol. The number of hydrogen-bond donors (Lipinski definition) is 7. The lowest BCUT2D eigenvalue weighted by atomic mass is 10.1. The highest BCUT2D eigenvalue weighted by atomic mass is 16.7. The normalized spacial score (nSPS) is 48.5. The van der Waals surface area contributed by atoms with E-state index in [0.717, 1.165) is 0 Å². The number of aliphatic hydroxyl groups excluding tert-OH is 7. The van der Waals surface area contributed by atoms with Gasteiger partial charge in [-0.05, 0) is 6.92 Å². The van der Waals surface area contributed by atoms with Crippen molar-refractivity contribution < 1.29 is 50.0 Å². The van der Waals surface area contributed by atoms with Crippen LogP contribution in [0.4, 0.5) is 0 Å². The van der Waals surface area contributed by atoms with Crippen molar-refractivity contribution in [3.05, 3.63) is 0 Å². The zero-order chi connectivity index (χ0) is 16.6. The molecule has 2 aliphatic rings. The van der Waals surface area contributed by atoms with Crippen LogP contribution in [-0.2, 0) is 14.2 Å². The molecule has 10 nitrogen and oxygen atoms in total. The third kappa shape index (κ3) is 3.41. The van der Waals surface area contributed by atoms with Gasteiger partial charge in [0.2, 0.25) is 0 Å². The minimum Gasteiger partial charge on any atom is -0.391 e. The highest BCUT2D eigenvalue weighted by Crippen LogP contribution is 2.26.